The smallest absolute Gasteiger partial charge is 0.329 e. The molecule has 2 aromatic rings. The lowest BCUT2D eigenvalue weighted by Gasteiger charge is -2.11. The van der Waals surface area contributed by atoms with Gasteiger partial charge in [-0.2, -0.15) is 0 Å². The molecule has 1 unspecified atom stereocenters. The van der Waals surface area contributed by atoms with Crippen molar-refractivity contribution in [1.29, 1.82) is 0 Å². The number of aliphatic carboxylic acids is 1. The summed E-state index contributed by atoms with van der Waals surface area (Å²) in [6, 6.07) is 0.247. The summed E-state index contributed by atoms with van der Waals surface area (Å²) in [6.45, 7) is -0.919. The highest BCUT2D eigenvalue weighted by atomic mass is 19.2. The van der Waals surface area contributed by atoms with Gasteiger partial charge >= 0.3 is 11.7 Å². The van der Waals surface area contributed by atoms with E-state index >= 15 is 0 Å². The molecule has 8 heteroatoms. The molecule has 0 amide bonds. The molecule has 18 heavy (non-hydrogen) atoms. The van der Waals surface area contributed by atoms with Crippen molar-refractivity contribution < 1.29 is 23.8 Å². The second kappa shape index (κ2) is 4.22. The van der Waals surface area contributed by atoms with Crippen LogP contribution < -0.4 is 5.69 Å². The van der Waals surface area contributed by atoms with Gasteiger partial charge in [0.1, 0.15) is 5.52 Å². The Morgan fingerprint density at radius 3 is 2.67 bits per heavy atom. The van der Waals surface area contributed by atoms with Crippen LogP contribution in [-0.4, -0.2) is 32.3 Å². The van der Waals surface area contributed by atoms with Gasteiger partial charge in [-0.05, 0) is 12.1 Å². The maximum Gasteiger partial charge on any atom is 0.329 e. The number of aliphatic hydroxyl groups is 1. The van der Waals surface area contributed by atoms with Crippen LogP contribution in [0.1, 0.15) is 6.04 Å². The van der Waals surface area contributed by atoms with Gasteiger partial charge in [-0.15, -0.1) is 0 Å². The highest BCUT2D eigenvalue weighted by Crippen LogP contribution is 2.20. The molecule has 0 aliphatic carbocycles. The third-order valence-corrected chi connectivity index (χ3v) is 2.54. The summed E-state index contributed by atoms with van der Waals surface area (Å²) in [6.07, 6.45) is 0. The number of halogens is 2. The molecule has 1 heterocycles. The second-order valence-corrected chi connectivity index (χ2v) is 3.59. The number of aromatic amines is 1. The average Bonchev–Trinajstić information content (AvgIpc) is 2.63. The highest BCUT2D eigenvalue weighted by molar-refractivity contribution is 5.80. The van der Waals surface area contributed by atoms with E-state index in [1.54, 1.807) is 0 Å². The van der Waals surface area contributed by atoms with Crippen LogP contribution in [0.3, 0.4) is 0 Å². The molecule has 0 saturated heterocycles. The minimum atomic E-state index is -1.68. The zero-order valence-electron chi connectivity index (χ0n) is 8.85. The van der Waals surface area contributed by atoms with Gasteiger partial charge in [0.2, 0.25) is 0 Å². The number of aromatic nitrogens is 2. The first kappa shape index (κ1) is 12.2. The third-order valence-electron chi connectivity index (χ3n) is 2.54. The standard InChI is InChI=1S/C10H8F2N2O4/c11-4-1-2-5-8(7(4)12)14(10(18)13-5)6(3-15)9(16)17/h1-2,6,15H,3H2,(H,13,18)(H,16,17). The van der Waals surface area contributed by atoms with Crippen molar-refractivity contribution in [3.05, 3.63) is 34.3 Å². The van der Waals surface area contributed by atoms with Crippen molar-refractivity contribution >= 4 is 17.0 Å². The van der Waals surface area contributed by atoms with E-state index in [1.807, 2.05) is 0 Å². The summed E-state index contributed by atoms with van der Waals surface area (Å²) >= 11 is 0. The number of aliphatic hydroxyl groups excluding tert-OH is 1. The van der Waals surface area contributed by atoms with Crippen LogP contribution in [0.4, 0.5) is 8.78 Å². The molecule has 1 aromatic carbocycles. The molecule has 3 N–H and O–H groups in total. The zero-order chi connectivity index (χ0) is 13.4. The van der Waals surface area contributed by atoms with E-state index in [0.717, 1.165) is 12.1 Å². The number of imidazole rings is 1. The van der Waals surface area contributed by atoms with Gasteiger partial charge in [-0.1, -0.05) is 0 Å². The Bertz CT molecular complexity index is 676. The maximum absolute atomic E-state index is 13.6. The topological polar surface area (TPSA) is 95.3 Å². The van der Waals surface area contributed by atoms with Gasteiger partial charge in [0.15, 0.2) is 17.7 Å². The summed E-state index contributed by atoms with van der Waals surface area (Å²) in [5.74, 6) is -4.08. The lowest BCUT2D eigenvalue weighted by Crippen LogP contribution is -2.30. The predicted octanol–water partition coefficient (Wildman–Crippen LogP) is 0.226. The number of carboxylic acids is 1. The normalized spacial score (nSPS) is 12.8. The Hall–Kier alpha value is -2.22. The Kier molecular flexibility index (Phi) is 2.87. The third kappa shape index (κ3) is 1.66. The fourth-order valence-corrected chi connectivity index (χ4v) is 1.72. The van der Waals surface area contributed by atoms with E-state index < -0.39 is 41.5 Å². The quantitative estimate of drug-likeness (QED) is 0.734. The summed E-state index contributed by atoms with van der Waals surface area (Å²) < 4.78 is 27.2. The van der Waals surface area contributed by atoms with Gasteiger partial charge in [-0.3, -0.25) is 4.57 Å². The van der Waals surface area contributed by atoms with Crippen molar-refractivity contribution in [1.82, 2.24) is 9.55 Å². The van der Waals surface area contributed by atoms with Crippen molar-refractivity contribution in [2.24, 2.45) is 0 Å². The molecule has 1 aromatic heterocycles. The summed E-state index contributed by atoms with van der Waals surface area (Å²) in [7, 11) is 0. The monoisotopic (exact) mass is 258 g/mol. The number of hydrogen-bond acceptors (Lipinski definition) is 3. The molecule has 6 nitrogen and oxygen atoms in total. The van der Waals surface area contributed by atoms with Crippen molar-refractivity contribution in [3.63, 3.8) is 0 Å². The van der Waals surface area contributed by atoms with E-state index in [0.29, 0.717) is 4.57 Å². The number of benzene rings is 1. The lowest BCUT2D eigenvalue weighted by molar-refractivity contribution is -0.142. The SMILES string of the molecule is O=C(O)C(CO)n1c(=O)[nH]c2ccc(F)c(F)c21. The first-order valence-corrected chi connectivity index (χ1v) is 4.89. The van der Waals surface area contributed by atoms with Crippen LogP contribution in [0.25, 0.3) is 11.0 Å². The molecule has 0 radical (unpaired) electrons. The van der Waals surface area contributed by atoms with Crippen LogP contribution in [0.5, 0.6) is 0 Å². The minimum absolute atomic E-state index is 0.0430. The summed E-state index contributed by atoms with van der Waals surface area (Å²) in [5, 5.41) is 17.8. The number of nitrogens with zero attached hydrogens (tertiary/aromatic N) is 1. The lowest BCUT2D eigenvalue weighted by atomic mass is 10.2. The molecule has 0 bridgehead atoms. The molecule has 0 aliphatic rings. The van der Waals surface area contributed by atoms with Gasteiger partial charge in [0.05, 0.1) is 12.1 Å². The molecule has 96 valence electrons. The van der Waals surface area contributed by atoms with E-state index in [9.17, 15) is 18.4 Å². The Morgan fingerprint density at radius 1 is 1.44 bits per heavy atom. The largest absolute Gasteiger partial charge is 0.480 e. The van der Waals surface area contributed by atoms with Crippen molar-refractivity contribution in [2.75, 3.05) is 6.61 Å². The first-order valence-electron chi connectivity index (χ1n) is 4.89. The average molecular weight is 258 g/mol. The number of fused-ring (bicyclic) bond motifs is 1. The molecule has 0 fully saturated rings. The first-order chi connectivity index (χ1) is 8.47. The van der Waals surface area contributed by atoms with Crippen molar-refractivity contribution in [2.45, 2.75) is 6.04 Å². The van der Waals surface area contributed by atoms with E-state index in [4.69, 9.17) is 10.2 Å². The number of carbonyl (C=O) groups is 1. The van der Waals surface area contributed by atoms with Crippen molar-refractivity contribution in [3.8, 4) is 0 Å². The van der Waals surface area contributed by atoms with Crippen LogP contribution in [0.2, 0.25) is 0 Å². The van der Waals surface area contributed by atoms with E-state index in [2.05, 4.69) is 4.98 Å². The Morgan fingerprint density at radius 2 is 2.11 bits per heavy atom. The Labute approximate surface area is 98.1 Å². The predicted molar refractivity (Wildman–Crippen MR) is 56.2 cm³/mol. The molecule has 0 spiro atoms. The molecule has 0 aliphatic heterocycles. The molecular weight excluding hydrogens is 250 g/mol. The van der Waals surface area contributed by atoms with Gasteiger partial charge in [0.25, 0.3) is 0 Å². The summed E-state index contributed by atoms with van der Waals surface area (Å²) in [5.41, 5.74) is -1.49. The molecule has 2 rings (SSSR count). The summed E-state index contributed by atoms with van der Waals surface area (Å²) in [4.78, 5) is 24.6. The fraction of sp³-hybridized carbons (Fsp3) is 0.200. The zero-order valence-corrected chi connectivity index (χ0v) is 8.85. The molecule has 0 saturated carbocycles. The van der Waals surface area contributed by atoms with E-state index in [-0.39, 0.29) is 5.52 Å². The fourth-order valence-electron chi connectivity index (χ4n) is 1.72. The minimum Gasteiger partial charge on any atom is -0.480 e. The maximum atomic E-state index is 13.6. The van der Waals surface area contributed by atoms with Crippen LogP contribution in [0, 0.1) is 11.6 Å². The van der Waals surface area contributed by atoms with Crippen LogP contribution in [0.15, 0.2) is 16.9 Å². The number of nitrogens with one attached hydrogen (secondary N) is 1. The number of H-pyrrole nitrogens is 1. The molecular formula is C10H8F2N2O4. The van der Waals surface area contributed by atoms with Gasteiger partial charge < -0.3 is 15.2 Å². The van der Waals surface area contributed by atoms with Gasteiger partial charge in [-0.25, -0.2) is 18.4 Å². The molecule has 1 atom stereocenters. The second-order valence-electron chi connectivity index (χ2n) is 3.59. The van der Waals surface area contributed by atoms with E-state index in [1.165, 1.54) is 0 Å². The Balaban J connectivity index is 2.85. The number of rotatable bonds is 3. The van der Waals surface area contributed by atoms with Crippen LogP contribution >= 0.6 is 0 Å². The highest BCUT2D eigenvalue weighted by Gasteiger charge is 2.25. The number of hydrogen-bond donors (Lipinski definition) is 3. The number of carboxylic acid groups (broad SMARTS) is 1. The van der Waals surface area contributed by atoms with Crippen LogP contribution in [-0.2, 0) is 4.79 Å². The van der Waals surface area contributed by atoms with Gasteiger partial charge in [0, 0.05) is 0 Å².